The summed E-state index contributed by atoms with van der Waals surface area (Å²) in [4.78, 5) is 14.5. The molecule has 3 rings (SSSR count). The van der Waals surface area contributed by atoms with Gasteiger partial charge in [0.15, 0.2) is 0 Å². The number of rotatable bonds is 6. The highest BCUT2D eigenvalue weighted by Crippen LogP contribution is 2.21. The Morgan fingerprint density at radius 1 is 1.38 bits per heavy atom. The average Bonchev–Trinajstić information content (AvgIpc) is 3.25. The number of hydrogen-bond acceptors (Lipinski definition) is 6. The zero-order valence-corrected chi connectivity index (χ0v) is 14.6. The van der Waals surface area contributed by atoms with E-state index < -0.39 is 0 Å². The van der Waals surface area contributed by atoms with Gasteiger partial charge in [0, 0.05) is 11.7 Å². The molecule has 1 saturated heterocycles. The predicted octanol–water partition coefficient (Wildman–Crippen LogP) is 2.31. The Kier molecular flexibility index (Phi) is 5.55. The number of aliphatic hydroxyl groups is 1. The Morgan fingerprint density at radius 3 is 2.88 bits per heavy atom. The fourth-order valence-electron chi connectivity index (χ4n) is 2.90. The van der Waals surface area contributed by atoms with E-state index in [0.717, 1.165) is 36.5 Å². The number of nitrogens with one attached hydrogen (secondary N) is 1. The molecule has 6 nitrogen and oxygen atoms in total. The van der Waals surface area contributed by atoms with Gasteiger partial charge in [0.1, 0.15) is 5.01 Å². The van der Waals surface area contributed by atoms with Crippen LogP contribution in [0.25, 0.3) is 0 Å². The molecule has 0 unspecified atom stereocenters. The van der Waals surface area contributed by atoms with Crippen LogP contribution in [0.4, 0.5) is 5.69 Å². The van der Waals surface area contributed by atoms with Crippen molar-refractivity contribution in [3.8, 4) is 0 Å². The zero-order valence-electron chi connectivity index (χ0n) is 13.7. The first-order valence-corrected chi connectivity index (χ1v) is 9.09. The van der Waals surface area contributed by atoms with E-state index in [1.54, 1.807) is 0 Å². The number of carbonyl (C=O) groups excluding carboxylic acids is 1. The van der Waals surface area contributed by atoms with Gasteiger partial charge in [-0.2, -0.15) is 0 Å². The molecule has 1 aliphatic heterocycles. The van der Waals surface area contributed by atoms with Gasteiger partial charge in [-0.25, -0.2) is 0 Å². The Balaban J connectivity index is 1.60. The van der Waals surface area contributed by atoms with Crippen LogP contribution in [0.1, 0.15) is 40.1 Å². The van der Waals surface area contributed by atoms with Crippen LogP contribution in [0.2, 0.25) is 0 Å². The third-order valence-electron chi connectivity index (χ3n) is 4.33. The molecule has 0 bridgehead atoms. The second kappa shape index (κ2) is 7.83. The number of amides is 1. The van der Waals surface area contributed by atoms with Crippen molar-refractivity contribution in [2.75, 3.05) is 18.5 Å². The minimum Gasteiger partial charge on any atom is -0.395 e. The maximum atomic E-state index is 12.3. The summed E-state index contributed by atoms with van der Waals surface area (Å²) in [5.74, 6) is -0.233. The van der Waals surface area contributed by atoms with Crippen LogP contribution in [-0.4, -0.2) is 45.3 Å². The second-order valence-electron chi connectivity index (χ2n) is 5.95. The molecule has 2 aromatic rings. The van der Waals surface area contributed by atoms with Crippen molar-refractivity contribution in [3.63, 3.8) is 0 Å². The highest BCUT2D eigenvalue weighted by Gasteiger charge is 2.25. The Labute approximate surface area is 145 Å². The lowest BCUT2D eigenvalue weighted by atomic mass is 10.1. The number of benzene rings is 1. The van der Waals surface area contributed by atoms with E-state index in [2.05, 4.69) is 27.3 Å². The molecule has 0 saturated carbocycles. The summed E-state index contributed by atoms with van der Waals surface area (Å²) in [6, 6.07) is 8.00. The van der Waals surface area contributed by atoms with E-state index in [9.17, 15) is 9.90 Å². The fraction of sp³-hybridized carbons (Fsp3) is 0.471. The van der Waals surface area contributed by atoms with Crippen molar-refractivity contribution in [1.29, 1.82) is 0 Å². The van der Waals surface area contributed by atoms with Crippen LogP contribution in [0, 0.1) is 0 Å². The monoisotopic (exact) mass is 346 g/mol. The number of aromatic nitrogens is 2. The lowest BCUT2D eigenvalue weighted by molar-refractivity contribution is 0.102. The molecule has 128 valence electrons. The third kappa shape index (κ3) is 3.98. The zero-order chi connectivity index (χ0) is 16.9. The first-order valence-electron chi connectivity index (χ1n) is 8.27. The van der Waals surface area contributed by atoms with Crippen LogP contribution in [0.5, 0.6) is 0 Å². The maximum Gasteiger partial charge on any atom is 0.286 e. The van der Waals surface area contributed by atoms with Gasteiger partial charge in [0.2, 0.25) is 5.01 Å². The van der Waals surface area contributed by atoms with Gasteiger partial charge in [0.05, 0.1) is 13.2 Å². The number of aryl methyl sites for hydroxylation is 1. The van der Waals surface area contributed by atoms with Crippen LogP contribution in [0.3, 0.4) is 0 Å². The molecule has 24 heavy (non-hydrogen) atoms. The van der Waals surface area contributed by atoms with Crippen LogP contribution in [-0.2, 0) is 13.0 Å². The molecule has 0 radical (unpaired) electrons. The Morgan fingerprint density at radius 2 is 2.17 bits per heavy atom. The molecular weight excluding hydrogens is 324 g/mol. The summed E-state index contributed by atoms with van der Waals surface area (Å²) in [5.41, 5.74) is 1.99. The first-order chi connectivity index (χ1) is 11.7. The van der Waals surface area contributed by atoms with E-state index in [4.69, 9.17) is 0 Å². The molecule has 1 amide bonds. The maximum absolute atomic E-state index is 12.3. The van der Waals surface area contributed by atoms with Crippen molar-refractivity contribution in [2.45, 2.75) is 38.8 Å². The van der Waals surface area contributed by atoms with Crippen LogP contribution in [0.15, 0.2) is 24.3 Å². The molecule has 1 aliphatic rings. The lowest BCUT2D eigenvalue weighted by Crippen LogP contribution is -2.31. The lowest BCUT2D eigenvalue weighted by Gasteiger charge is -2.20. The molecule has 0 aliphatic carbocycles. The standard InChI is InChI=1S/C17H22N4O2S/c1-2-12-5-7-13(8-6-12)18-16(23)17-20-19-15(24-17)10-21-9-3-4-14(21)11-22/h5-8,14,22H,2-4,9-11H2,1H3,(H,18,23)/t14-/m1/s1. The molecule has 1 aromatic carbocycles. The summed E-state index contributed by atoms with van der Waals surface area (Å²) < 4.78 is 0. The third-order valence-corrected chi connectivity index (χ3v) is 5.24. The van der Waals surface area contributed by atoms with E-state index in [1.807, 2.05) is 24.3 Å². The number of anilines is 1. The van der Waals surface area contributed by atoms with E-state index in [-0.39, 0.29) is 18.6 Å². The molecule has 1 atom stereocenters. The van der Waals surface area contributed by atoms with Gasteiger partial charge < -0.3 is 10.4 Å². The normalized spacial score (nSPS) is 18.0. The molecule has 2 heterocycles. The van der Waals surface area contributed by atoms with E-state index in [0.29, 0.717) is 11.6 Å². The van der Waals surface area contributed by atoms with Gasteiger partial charge in [-0.05, 0) is 43.5 Å². The summed E-state index contributed by atoms with van der Waals surface area (Å²) in [6.45, 7) is 3.86. The smallest absolute Gasteiger partial charge is 0.286 e. The van der Waals surface area contributed by atoms with Gasteiger partial charge >= 0.3 is 0 Å². The molecule has 0 spiro atoms. The number of likely N-dealkylation sites (tertiary alicyclic amines) is 1. The SMILES string of the molecule is CCc1ccc(NC(=O)c2nnc(CN3CCC[C@@H]3CO)s2)cc1. The number of hydrogen-bond donors (Lipinski definition) is 2. The number of carbonyl (C=O) groups is 1. The molecule has 1 fully saturated rings. The second-order valence-corrected chi connectivity index (χ2v) is 7.02. The van der Waals surface area contributed by atoms with Gasteiger partial charge in [-0.1, -0.05) is 30.4 Å². The van der Waals surface area contributed by atoms with Gasteiger partial charge in [0.25, 0.3) is 5.91 Å². The minimum absolute atomic E-state index is 0.167. The van der Waals surface area contributed by atoms with E-state index >= 15 is 0 Å². The summed E-state index contributed by atoms with van der Waals surface area (Å²) >= 11 is 1.31. The van der Waals surface area contributed by atoms with Crippen molar-refractivity contribution < 1.29 is 9.90 Å². The number of nitrogens with zero attached hydrogens (tertiary/aromatic N) is 3. The first kappa shape index (κ1) is 17.0. The van der Waals surface area contributed by atoms with Crippen LogP contribution < -0.4 is 5.32 Å². The predicted molar refractivity (Wildman–Crippen MR) is 94.2 cm³/mol. The largest absolute Gasteiger partial charge is 0.395 e. The van der Waals surface area contributed by atoms with Crippen molar-refractivity contribution in [2.24, 2.45) is 0 Å². The number of aliphatic hydroxyl groups excluding tert-OH is 1. The molecule has 2 N–H and O–H groups in total. The minimum atomic E-state index is -0.233. The summed E-state index contributed by atoms with van der Waals surface area (Å²) in [7, 11) is 0. The highest BCUT2D eigenvalue weighted by molar-refractivity contribution is 7.13. The molecule has 7 heteroatoms. The highest BCUT2D eigenvalue weighted by atomic mass is 32.1. The van der Waals surface area contributed by atoms with E-state index in [1.165, 1.54) is 16.9 Å². The van der Waals surface area contributed by atoms with Crippen molar-refractivity contribution in [3.05, 3.63) is 39.8 Å². The molecular formula is C17H22N4O2S. The van der Waals surface area contributed by atoms with Gasteiger partial charge in [-0.3, -0.25) is 9.69 Å². The van der Waals surface area contributed by atoms with Crippen molar-refractivity contribution >= 4 is 22.9 Å². The van der Waals surface area contributed by atoms with Gasteiger partial charge in [-0.15, -0.1) is 10.2 Å². The summed E-state index contributed by atoms with van der Waals surface area (Å²) in [5, 5.41) is 21.5. The fourth-order valence-corrected chi connectivity index (χ4v) is 3.66. The summed E-state index contributed by atoms with van der Waals surface area (Å²) in [6.07, 6.45) is 3.07. The quantitative estimate of drug-likeness (QED) is 0.839. The Bertz CT molecular complexity index is 686. The average molecular weight is 346 g/mol. The Hall–Kier alpha value is -1.83. The topological polar surface area (TPSA) is 78.4 Å². The van der Waals surface area contributed by atoms with Crippen LogP contribution >= 0.6 is 11.3 Å². The molecule has 1 aromatic heterocycles. The van der Waals surface area contributed by atoms with Crippen molar-refractivity contribution in [1.82, 2.24) is 15.1 Å².